The number of hydrogen-bond donors (Lipinski definition) is 2. The fourth-order valence-corrected chi connectivity index (χ4v) is 2.21. The van der Waals surface area contributed by atoms with E-state index < -0.39 is 0 Å². The van der Waals surface area contributed by atoms with E-state index >= 15 is 0 Å². The largest absolute Gasteiger partial charge is 0.396 e. The van der Waals surface area contributed by atoms with Crippen molar-refractivity contribution in [3.05, 3.63) is 29.3 Å². The molecule has 18 heavy (non-hydrogen) atoms. The zero-order valence-corrected chi connectivity index (χ0v) is 12.0. The minimum Gasteiger partial charge on any atom is -0.396 e. The summed E-state index contributed by atoms with van der Waals surface area (Å²) in [6, 6.07) is 5.94. The number of nitrogens with one attached hydrogen (secondary N) is 1. The standard InChI is InChI=1S/C14H21NO2S/c1-4-11(7-8-16)15-14(17)13-9-12(18-3)6-5-10(13)2/h5-6,9,11,16H,4,7-8H2,1-3H3,(H,15,17). The Balaban J connectivity index is 2.82. The average molecular weight is 267 g/mol. The molecule has 4 heteroatoms. The van der Waals surface area contributed by atoms with Gasteiger partial charge in [-0.2, -0.15) is 0 Å². The first-order chi connectivity index (χ1) is 8.62. The van der Waals surface area contributed by atoms with E-state index in [0.29, 0.717) is 6.42 Å². The van der Waals surface area contributed by atoms with Crippen LogP contribution in [0.5, 0.6) is 0 Å². The molecule has 1 unspecified atom stereocenters. The van der Waals surface area contributed by atoms with Crippen LogP contribution in [0.3, 0.4) is 0 Å². The highest BCUT2D eigenvalue weighted by atomic mass is 32.2. The SMILES string of the molecule is CCC(CCO)NC(=O)c1cc(SC)ccc1C. The molecular formula is C14H21NO2S. The van der Waals surface area contributed by atoms with E-state index in [0.717, 1.165) is 22.4 Å². The van der Waals surface area contributed by atoms with E-state index in [2.05, 4.69) is 5.32 Å². The van der Waals surface area contributed by atoms with Gasteiger partial charge in [0.2, 0.25) is 0 Å². The van der Waals surface area contributed by atoms with Crippen molar-refractivity contribution in [3.63, 3.8) is 0 Å². The summed E-state index contributed by atoms with van der Waals surface area (Å²) in [4.78, 5) is 13.3. The third-order valence-electron chi connectivity index (χ3n) is 2.99. The summed E-state index contributed by atoms with van der Waals surface area (Å²) in [6.07, 6.45) is 3.42. The fraction of sp³-hybridized carbons (Fsp3) is 0.500. The molecule has 0 radical (unpaired) electrons. The number of carbonyl (C=O) groups is 1. The molecule has 0 saturated carbocycles. The summed E-state index contributed by atoms with van der Waals surface area (Å²) in [5, 5.41) is 11.9. The van der Waals surface area contributed by atoms with Crippen molar-refractivity contribution in [1.82, 2.24) is 5.32 Å². The highest BCUT2D eigenvalue weighted by Crippen LogP contribution is 2.19. The van der Waals surface area contributed by atoms with Crippen molar-refractivity contribution in [2.45, 2.75) is 37.6 Å². The van der Waals surface area contributed by atoms with Crippen LogP contribution in [-0.2, 0) is 0 Å². The Kier molecular flexibility index (Phi) is 6.22. The summed E-state index contributed by atoms with van der Waals surface area (Å²) in [7, 11) is 0. The molecule has 0 fully saturated rings. The second-order valence-electron chi connectivity index (χ2n) is 4.27. The van der Waals surface area contributed by atoms with Gasteiger partial charge in [0.25, 0.3) is 5.91 Å². The van der Waals surface area contributed by atoms with Crippen molar-refractivity contribution in [3.8, 4) is 0 Å². The molecule has 0 saturated heterocycles. The molecule has 0 aliphatic carbocycles. The van der Waals surface area contributed by atoms with E-state index in [1.54, 1.807) is 11.8 Å². The maximum absolute atomic E-state index is 12.2. The van der Waals surface area contributed by atoms with Crippen molar-refractivity contribution in [1.29, 1.82) is 0 Å². The molecule has 1 aromatic carbocycles. The first kappa shape index (κ1) is 15.1. The van der Waals surface area contributed by atoms with Gasteiger partial charge in [-0.15, -0.1) is 11.8 Å². The molecule has 2 N–H and O–H groups in total. The van der Waals surface area contributed by atoms with Gasteiger partial charge >= 0.3 is 0 Å². The van der Waals surface area contributed by atoms with E-state index in [1.165, 1.54) is 0 Å². The van der Waals surface area contributed by atoms with Gasteiger partial charge in [-0.25, -0.2) is 0 Å². The zero-order valence-electron chi connectivity index (χ0n) is 11.2. The van der Waals surface area contributed by atoms with Crippen LogP contribution in [0, 0.1) is 6.92 Å². The number of hydrogen-bond acceptors (Lipinski definition) is 3. The summed E-state index contributed by atoms with van der Waals surface area (Å²) < 4.78 is 0. The molecule has 1 rings (SSSR count). The maximum Gasteiger partial charge on any atom is 0.251 e. The number of thioether (sulfide) groups is 1. The van der Waals surface area contributed by atoms with E-state index in [1.807, 2.05) is 38.3 Å². The van der Waals surface area contributed by atoms with Gasteiger partial charge in [0.05, 0.1) is 0 Å². The van der Waals surface area contributed by atoms with Crippen molar-refractivity contribution in [2.75, 3.05) is 12.9 Å². The second kappa shape index (κ2) is 7.44. The Morgan fingerprint density at radius 3 is 2.78 bits per heavy atom. The minimum absolute atomic E-state index is 0.0415. The quantitative estimate of drug-likeness (QED) is 0.779. The number of aliphatic hydroxyl groups excluding tert-OH is 1. The minimum atomic E-state index is -0.0521. The van der Waals surface area contributed by atoms with Crippen LogP contribution in [0.25, 0.3) is 0 Å². The molecule has 1 aromatic rings. The first-order valence-electron chi connectivity index (χ1n) is 6.18. The fourth-order valence-electron chi connectivity index (χ4n) is 1.77. The third kappa shape index (κ3) is 4.03. The lowest BCUT2D eigenvalue weighted by molar-refractivity contribution is 0.0928. The Morgan fingerprint density at radius 2 is 2.22 bits per heavy atom. The number of amides is 1. The molecular weight excluding hydrogens is 246 g/mol. The summed E-state index contributed by atoms with van der Waals surface area (Å²) in [5.74, 6) is -0.0521. The molecule has 0 bridgehead atoms. The molecule has 100 valence electrons. The topological polar surface area (TPSA) is 49.3 Å². The Labute approximate surface area is 113 Å². The monoisotopic (exact) mass is 267 g/mol. The number of carbonyl (C=O) groups excluding carboxylic acids is 1. The summed E-state index contributed by atoms with van der Waals surface area (Å²) in [5.41, 5.74) is 1.70. The highest BCUT2D eigenvalue weighted by molar-refractivity contribution is 7.98. The van der Waals surface area contributed by atoms with E-state index in [-0.39, 0.29) is 18.6 Å². The maximum atomic E-state index is 12.2. The highest BCUT2D eigenvalue weighted by Gasteiger charge is 2.14. The van der Waals surface area contributed by atoms with E-state index in [9.17, 15) is 4.79 Å². The Morgan fingerprint density at radius 1 is 1.50 bits per heavy atom. The van der Waals surface area contributed by atoms with Gasteiger partial charge in [0.15, 0.2) is 0 Å². The predicted octanol–water partition coefficient (Wildman–Crippen LogP) is 2.61. The smallest absolute Gasteiger partial charge is 0.251 e. The lowest BCUT2D eigenvalue weighted by Crippen LogP contribution is -2.35. The van der Waals surface area contributed by atoms with Crippen molar-refractivity contribution in [2.24, 2.45) is 0 Å². The van der Waals surface area contributed by atoms with Gasteiger partial charge in [0, 0.05) is 23.1 Å². The van der Waals surface area contributed by atoms with Crippen LogP contribution in [-0.4, -0.2) is 29.9 Å². The van der Waals surface area contributed by atoms with Crippen molar-refractivity contribution >= 4 is 17.7 Å². The predicted molar refractivity (Wildman–Crippen MR) is 76.2 cm³/mol. The lowest BCUT2D eigenvalue weighted by atomic mass is 10.1. The van der Waals surface area contributed by atoms with Crippen LogP contribution in [0.2, 0.25) is 0 Å². The van der Waals surface area contributed by atoms with E-state index in [4.69, 9.17) is 5.11 Å². The summed E-state index contributed by atoms with van der Waals surface area (Å²) in [6.45, 7) is 4.04. The molecule has 0 aliphatic rings. The zero-order chi connectivity index (χ0) is 13.5. The Bertz CT molecular complexity index is 407. The van der Waals surface area contributed by atoms with Crippen molar-refractivity contribution < 1.29 is 9.90 Å². The average Bonchev–Trinajstić information content (AvgIpc) is 2.38. The molecule has 0 aliphatic heterocycles. The number of rotatable bonds is 6. The summed E-state index contributed by atoms with van der Waals surface area (Å²) >= 11 is 1.62. The van der Waals surface area contributed by atoms with Crippen LogP contribution in [0.15, 0.2) is 23.1 Å². The molecule has 0 aromatic heterocycles. The first-order valence-corrected chi connectivity index (χ1v) is 7.41. The number of aliphatic hydroxyl groups is 1. The number of aryl methyl sites for hydroxylation is 1. The van der Waals surface area contributed by atoms with Crippen LogP contribution >= 0.6 is 11.8 Å². The van der Waals surface area contributed by atoms with Gasteiger partial charge in [0.1, 0.15) is 0 Å². The molecule has 0 heterocycles. The molecule has 0 spiro atoms. The Hall–Kier alpha value is -1.00. The molecule has 1 atom stereocenters. The second-order valence-corrected chi connectivity index (χ2v) is 5.15. The normalized spacial score (nSPS) is 12.2. The third-order valence-corrected chi connectivity index (χ3v) is 3.72. The lowest BCUT2D eigenvalue weighted by Gasteiger charge is -2.17. The van der Waals surface area contributed by atoms with Gasteiger partial charge in [-0.3, -0.25) is 4.79 Å². The van der Waals surface area contributed by atoms with Crippen LogP contribution in [0.4, 0.5) is 0 Å². The van der Waals surface area contributed by atoms with Gasteiger partial charge in [-0.1, -0.05) is 13.0 Å². The van der Waals surface area contributed by atoms with Gasteiger partial charge < -0.3 is 10.4 Å². The number of benzene rings is 1. The molecule has 3 nitrogen and oxygen atoms in total. The van der Waals surface area contributed by atoms with Crippen LogP contribution in [0.1, 0.15) is 35.7 Å². The van der Waals surface area contributed by atoms with Crippen LogP contribution < -0.4 is 5.32 Å². The van der Waals surface area contributed by atoms with Gasteiger partial charge in [-0.05, 0) is 43.7 Å². The molecule has 1 amide bonds.